The predicted molar refractivity (Wildman–Crippen MR) is 92.4 cm³/mol. The van der Waals surface area contributed by atoms with Gasteiger partial charge in [-0.05, 0) is 13.0 Å². The van der Waals surface area contributed by atoms with Gasteiger partial charge in [-0.2, -0.15) is 5.10 Å². The van der Waals surface area contributed by atoms with Gasteiger partial charge in [0, 0.05) is 43.8 Å². The molecule has 4 rings (SSSR count). The number of nitrogens with one attached hydrogen (secondary N) is 1. The maximum atomic E-state index is 5.96. The van der Waals surface area contributed by atoms with Gasteiger partial charge in [0.15, 0.2) is 5.52 Å². The van der Waals surface area contributed by atoms with Gasteiger partial charge in [-0.15, -0.1) is 0 Å². The molecular weight excluding hydrogens is 320 g/mol. The third-order valence-corrected chi connectivity index (χ3v) is 4.35. The Morgan fingerprint density at radius 1 is 1.36 bits per heavy atom. The largest absolute Gasteiger partial charge is 0.473 e. The summed E-state index contributed by atoms with van der Waals surface area (Å²) >= 11 is 0. The van der Waals surface area contributed by atoms with Gasteiger partial charge in [0.1, 0.15) is 12.7 Å². The first-order valence-corrected chi connectivity index (χ1v) is 8.28. The molecule has 4 heterocycles. The van der Waals surface area contributed by atoms with E-state index in [-0.39, 0.29) is 6.10 Å². The lowest BCUT2D eigenvalue weighted by Gasteiger charge is -2.23. The molecule has 130 valence electrons. The summed E-state index contributed by atoms with van der Waals surface area (Å²) in [6, 6.07) is 1.91. The fourth-order valence-electron chi connectivity index (χ4n) is 2.83. The Kier molecular flexibility index (Phi) is 4.29. The van der Waals surface area contributed by atoms with Crippen LogP contribution < -0.4 is 10.1 Å². The van der Waals surface area contributed by atoms with E-state index in [0.717, 1.165) is 35.6 Å². The Morgan fingerprint density at radius 2 is 2.24 bits per heavy atom. The van der Waals surface area contributed by atoms with Crippen molar-refractivity contribution in [2.24, 2.45) is 7.05 Å². The molecule has 1 N–H and O–H groups in total. The summed E-state index contributed by atoms with van der Waals surface area (Å²) in [6.45, 7) is 4.76. The van der Waals surface area contributed by atoms with Crippen molar-refractivity contribution in [3.05, 3.63) is 30.4 Å². The molecule has 1 unspecified atom stereocenters. The van der Waals surface area contributed by atoms with Crippen LogP contribution in [0.2, 0.25) is 0 Å². The van der Waals surface area contributed by atoms with Gasteiger partial charge in [-0.3, -0.25) is 9.67 Å². The quantitative estimate of drug-likeness (QED) is 0.761. The van der Waals surface area contributed by atoms with E-state index in [4.69, 9.17) is 9.47 Å². The molecule has 0 aromatic carbocycles. The van der Waals surface area contributed by atoms with Crippen molar-refractivity contribution in [2.75, 3.05) is 26.3 Å². The molecule has 0 saturated carbocycles. The number of nitrogens with zero attached hydrogens (tertiary/aromatic N) is 5. The summed E-state index contributed by atoms with van der Waals surface area (Å²) in [5.41, 5.74) is 4.15. The van der Waals surface area contributed by atoms with E-state index in [0.29, 0.717) is 24.6 Å². The lowest BCUT2D eigenvalue weighted by Crippen LogP contribution is -2.41. The lowest BCUT2D eigenvalue weighted by molar-refractivity contribution is -0.000407. The minimum absolute atomic E-state index is 0.00561. The van der Waals surface area contributed by atoms with E-state index in [1.54, 1.807) is 18.6 Å². The van der Waals surface area contributed by atoms with Crippen LogP contribution >= 0.6 is 0 Å². The summed E-state index contributed by atoms with van der Waals surface area (Å²) in [7, 11) is 1.91. The Hall–Kier alpha value is -2.58. The molecule has 3 aromatic heterocycles. The fourth-order valence-corrected chi connectivity index (χ4v) is 2.83. The van der Waals surface area contributed by atoms with Crippen LogP contribution in [0.25, 0.3) is 22.3 Å². The number of aromatic nitrogens is 5. The van der Waals surface area contributed by atoms with Crippen molar-refractivity contribution in [1.29, 1.82) is 0 Å². The molecule has 0 bridgehead atoms. The molecule has 1 saturated heterocycles. The number of ether oxygens (including phenoxy) is 2. The first kappa shape index (κ1) is 15.9. The zero-order valence-electron chi connectivity index (χ0n) is 14.3. The fraction of sp³-hybridized carbons (Fsp3) is 0.412. The van der Waals surface area contributed by atoms with Gasteiger partial charge in [-0.25, -0.2) is 9.97 Å². The smallest absolute Gasteiger partial charge is 0.242 e. The second-order valence-electron chi connectivity index (χ2n) is 6.01. The van der Waals surface area contributed by atoms with Crippen LogP contribution in [-0.4, -0.2) is 57.1 Å². The molecule has 8 nitrogen and oxygen atoms in total. The zero-order chi connectivity index (χ0) is 17.2. The number of rotatable bonds is 4. The highest BCUT2D eigenvalue weighted by molar-refractivity contribution is 5.83. The van der Waals surface area contributed by atoms with Crippen molar-refractivity contribution in [3.8, 4) is 17.1 Å². The summed E-state index contributed by atoms with van der Waals surface area (Å²) in [5, 5.41) is 7.58. The van der Waals surface area contributed by atoms with Gasteiger partial charge in [0.25, 0.3) is 0 Å². The first-order valence-electron chi connectivity index (χ1n) is 8.28. The van der Waals surface area contributed by atoms with E-state index in [9.17, 15) is 0 Å². The Labute approximate surface area is 145 Å². The Balaban J connectivity index is 1.70. The van der Waals surface area contributed by atoms with Gasteiger partial charge in [0.05, 0.1) is 24.0 Å². The summed E-state index contributed by atoms with van der Waals surface area (Å²) in [5.74, 6) is 0.470. The molecule has 0 amide bonds. The third-order valence-electron chi connectivity index (χ3n) is 4.35. The van der Waals surface area contributed by atoms with Crippen molar-refractivity contribution in [2.45, 2.75) is 13.0 Å². The minimum atomic E-state index is 0.00561. The van der Waals surface area contributed by atoms with Gasteiger partial charge < -0.3 is 14.8 Å². The molecule has 1 aliphatic heterocycles. The van der Waals surface area contributed by atoms with Crippen LogP contribution in [0.1, 0.15) is 5.69 Å². The van der Waals surface area contributed by atoms with Crippen molar-refractivity contribution < 1.29 is 9.47 Å². The normalized spacial score (nSPS) is 17.8. The van der Waals surface area contributed by atoms with Crippen molar-refractivity contribution in [1.82, 2.24) is 30.0 Å². The highest BCUT2D eigenvalue weighted by Gasteiger charge is 2.18. The minimum Gasteiger partial charge on any atom is -0.473 e. The van der Waals surface area contributed by atoms with E-state index >= 15 is 0 Å². The monoisotopic (exact) mass is 340 g/mol. The average molecular weight is 340 g/mol. The highest BCUT2D eigenvalue weighted by Crippen LogP contribution is 2.28. The number of morpholine rings is 1. The van der Waals surface area contributed by atoms with Gasteiger partial charge in [0.2, 0.25) is 5.88 Å². The van der Waals surface area contributed by atoms with Gasteiger partial charge in [-0.1, -0.05) is 0 Å². The molecule has 8 heteroatoms. The van der Waals surface area contributed by atoms with E-state index < -0.39 is 0 Å². The summed E-state index contributed by atoms with van der Waals surface area (Å²) < 4.78 is 13.5. The van der Waals surface area contributed by atoms with Crippen LogP contribution in [0.5, 0.6) is 5.88 Å². The topological polar surface area (TPSA) is 87.0 Å². The molecule has 0 radical (unpaired) electrons. The molecule has 0 aliphatic carbocycles. The second kappa shape index (κ2) is 6.73. The van der Waals surface area contributed by atoms with E-state index in [1.807, 2.05) is 24.7 Å². The van der Waals surface area contributed by atoms with Crippen LogP contribution in [0.4, 0.5) is 0 Å². The standard InChI is InChI=1S/C17H20N6O2/c1-11-13(9-21-23(11)2)14-7-15-16(20-4-3-19-15)17(22-14)25-10-12-8-18-5-6-24-12/h3-4,7,9,12,18H,5-6,8,10H2,1-2H3. The van der Waals surface area contributed by atoms with Crippen LogP contribution in [0.15, 0.2) is 24.7 Å². The van der Waals surface area contributed by atoms with Crippen LogP contribution in [0, 0.1) is 6.92 Å². The number of hydrogen-bond acceptors (Lipinski definition) is 7. The molecule has 1 aliphatic rings. The van der Waals surface area contributed by atoms with Gasteiger partial charge >= 0.3 is 0 Å². The Bertz CT molecular complexity index is 888. The van der Waals surface area contributed by atoms with Crippen LogP contribution in [-0.2, 0) is 11.8 Å². The average Bonchev–Trinajstić information content (AvgIpc) is 2.99. The number of hydrogen-bond donors (Lipinski definition) is 1. The maximum absolute atomic E-state index is 5.96. The second-order valence-corrected chi connectivity index (χ2v) is 6.01. The molecule has 3 aromatic rings. The third kappa shape index (κ3) is 3.18. The SMILES string of the molecule is Cc1c(-c2cc3nccnc3c(OCC3CNCCO3)n2)cnn1C. The first-order chi connectivity index (χ1) is 12.2. The molecular formula is C17H20N6O2. The van der Waals surface area contributed by atoms with Crippen LogP contribution in [0.3, 0.4) is 0 Å². The maximum Gasteiger partial charge on any atom is 0.242 e. The van der Waals surface area contributed by atoms with E-state index in [2.05, 4.69) is 25.4 Å². The Morgan fingerprint density at radius 3 is 3.00 bits per heavy atom. The molecule has 1 fully saturated rings. The highest BCUT2D eigenvalue weighted by atomic mass is 16.5. The number of aryl methyl sites for hydroxylation is 1. The van der Waals surface area contributed by atoms with Crippen molar-refractivity contribution in [3.63, 3.8) is 0 Å². The zero-order valence-corrected chi connectivity index (χ0v) is 14.3. The number of fused-ring (bicyclic) bond motifs is 1. The predicted octanol–water partition coefficient (Wildman–Crippen LogP) is 1.10. The number of pyridine rings is 1. The molecule has 25 heavy (non-hydrogen) atoms. The molecule has 1 atom stereocenters. The molecule has 0 spiro atoms. The van der Waals surface area contributed by atoms with E-state index in [1.165, 1.54) is 0 Å². The lowest BCUT2D eigenvalue weighted by atomic mass is 10.1. The van der Waals surface area contributed by atoms with Crippen molar-refractivity contribution >= 4 is 11.0 Å². The summed E-state index contributed by atoms with van der Waals surface area (Å²) in [6.07, 6.45) is 5.12. The summed E-state index contributed by atoms with van der Waals surface area (Å²) in [4.78, 5) is 13.5.